The van der Waals surface area contributed by atoms with Gasteiger partial charge in [0.25, 0.3) is 0 Å². The molecule has 0 radical (unpaired) electrons. The molecule has 1 atom stereocenters. The molecular weight excluding hydrogens is 243 g/mol. The van der Waals surface area contributed by atoms with E-state index in [4.69, 9.17) is 0 Å². The van der Waals surface area contributed by atoms with E-state index < -0.39 is 6.10 Å². The Balaban J connectivity index is 0.00000154. The second-order valence-corrected chi connectivity index (χ2v) is 5.79. The molecule has 0 aliphatic carbocycles. The Kier molecular flexibility index (Phi) is 7.79. The first-order chi connectivity index (χ1) is 8.79. The highest BCUT2D eigenvalue weighted by Crippen LogP contribution is 2.16. The van der Waals surface area contributed by atoms with Gasteiger partial charge in [-0.05, 0) is 38.8 Å². The van der Waals surface area contributed by atoms with Gasteiger partial charge < -0.3 is 10.4 Å². The molecular formula is C15H27FN2O. The lowest BCUT2D eigenvalue weighted by Gasteiger charge is -2.23. The molecule has 0 bridgehead atoms. The van der Waals surface area contributed by atoms with Gasteiger partial charge >= 0.3 is 0 Å². The summed E-state index contributed by atoms with van der Waals surface area (Å²) in [5.74, 6) is 0.387. The van der Waals surface area contributed by atoms with Gasteiger partial charge in [0, 0.05) is 17.8 Å². The Morgan fingerprint density at radius 3 is 2.21 bits per heavy atom. The van der Waals surface area contributed by atoms with Crippen molar-refractivity contribution in [1.82, 2.24) is 10.3 Å². The van der Waals surface area contributed by atoms with Gasteiger partial charge in [0.1, 0.15) is 6.10 Å². The molecule has 0 spiro atoms. The van der Waals surface area contributed by atoms with Gasteiger partial charge in [0.05, 0.1) is 12.9 Å². The van der Waals surface area contributed by atoms with E-state index in [2.05, 4.69) is 44.9 Å². The van der Waals surface area contributed by atoms with Crippen LogP contribution >= 0.6 is 0 Å². The van der Waals surface area contributed by atoms with E-state index in [0.29, 0.717) is 19.6 Å². The van der Waals surface area contributed by atoms with Crippen molar-refractivity contribution >= 4 is 0 Å². The van der Waals surface area contributed by atoms with Gasteiger partial charge in [-0.3, -0.25) is 9.37 Å². The molecule has 0 aliphatic heterocycles. The van der Waals surface area contributed by atoms with Crippen LogP contribution in [0.2, 0.25) is 0 Å². The first kappa shape index (κ1) is 18.0. The summed E-state index contributed by atoms with van der Waals surface area (Å²) in [4.78, 5) is 4.48. The summed E-state index contributed by atoms with van der Waals surface area (Å²) in [6.45, 7) is 11.0. The maximum absolute atomic E-state index is 10.1. The first-order valence-electron chi connectivity index (χ1n) is 6.57. The third-order valence-corrected chi connectivity index (χ3v) is 2.55. The van der Waals surface area contributed by atoms with Crippen molar-refractivity contribution in [2.45, 2.75) is 52.2 Å². The molecule has 0 saturated carbocycles. The number of halogens is 1. The fraction of sp³-hybridized carbons (Fsp3) is 0.667. The van der Waals surface area contributed by atoms with Gasteiger partial charge in [-0.25, -0.2) is 0 Å². The maximum Gasteiger partial charge on any atom is 0.108 e. The second-order valence-electron chi connectivity index (χ2n) is 5.79. The van der Waals surface area contributed by atoms with Crippen LogP contribution in [0.25, 0.3) is 0 Å². The van der Waals surface area contributed by atoms with Crippen LogP contribution < -0.4 is 5.32 Å². The van der Waals surface area contributed by atoms with Crippen molar-refractivity contribution < 1.29 is 9.50 Å². The van der Waals surface area contributed by atoms with Crippen molar-refractivity contribution in [3.63, 3.8) is 0 Å². The zero-order valence-electron chi connectivity index (χ0n) is 12.9. The summed E-state index contributed by atoms with van der Waals surface area (Å²) < 4.78 is 9.50. The van der Waals surface area contributed by atoms with Crippen LogP contribution in [0.3, 0.4) is 0 Å². The van der Waals surface area contributed by atoms with Crippen LogP contribution in [0.5, 0.6) is 0 Å². The van der Waals surface area contributed by atoms with Crippen molar-refractivity contribution in [1.29, 1.82) is 0 Å². The Labute approximate surface area is 116 Å². The van der Waals surface area contributed by atoms with Crippen molar-refractivity contribution in [2.75, 3.05) is 13.7 Å². The van der Waals surface area contributed by atoms with E-state index in [-0.39, 0.29) is 5.54 Å². The molecule has 0 aromatic carbocycles. The predicted octanol–water partition coefficient (Wildman–Crippen LogP) is 3.21. The molecule has 1 rings (SSSR count). The third-order valence-electron chi connectivity index (χ3n) is 2.55. The molecule has 3 nitrogen and oxygen atoms in total. The number of aromatic nitrogens is 1. The lowest BCUT2D eigenvalue weighted by Crippen LogP contribution is -2.38. The molecule has 1 aromatic rings. The highest BCUT2D eigenvalue weighted by atomic mass is 19.1. The Hall–Kier alpha value is -1.00. The van der Waals surface area contributed by atoms with E-state index in [1.54, 1.807) is 0 Å². The summed E-state index contributed by atoms with van der Waals surface area (Å²) in [5.41, 5.74) is 1.78. The van der Waals surface area contributed by atoms with Crippen molar-refractivity contribution in [3.05, 3.63) is 29.6 Å². The summed E-state index contributed by atoms with van der Waals surface area (Å²) in [5, 5.41) is 13.3. The number of alkyl halides is 1. The number of hydrogen-bond acceptors (Lipinski definition) is 3. The van der Waals surface area contributed by atoms with Gasteiger partial charge in [-0.1, -0.05) is 19.9 Å². The monoisotopic (exact) mass is 270 g/mol. The first-order valence-corrected chi connectivity index (χ1v) is 6.57. The Bertz CT molecular complexity index is 361. The molecule has 1 aromatic heterocycles. The molecule has 1 heterocycles. The van der Waals surface area contributed by atoms with E-state index >= 15 is 0 Å². The lowest BCUT2D eigenvalue weighted by molar-refractivity contribution is 0.158. The van der Waals surface area contributed by atoms with Crippen LogP contribution in [0, 0.1) is 0 Å². The van der Waals surface area contributed by atoms with Gasteiger partial charge in [0.15, 0.2) is 0 Å². The molecule has 1 unspecified atom stereocenters. The molecule has 0 saturated heterocycles. The topological polar surface area (TPSA) is 45.1 Å². The number of β-amino-alcohol motifs (C(OH)–C–C–N with tert-alkyl or cyclic N) is 1. The minimum absolute atomic E-state index is 0.0106. The van der Waals surface area contributed by atoms with E-state index in [1.165, 1.54) is 0 Å². The van der Waals surface area contributed by atoms with Crippen LogP contribution in [-0.4, -0.2) is 29.4 Å². The average molecular weight is 270 g/mol. The number of nitrogens with one attached hydrogen (secondary N) is 1. The predicted molar refractivity (Wildman–Crippen MR) is 78.1 cm³/mol. The summed E-state index contributed by atoms with van der Waals surface area (Å²) in [6, 6.07) is 5.83. The number of aliphatic hydroxyl groups is 1. The number of hydrogen-bond donors (Lipinski definition) is 2. The fourth-order valence-corrected chi connectivity index (χ4v) is 1.48. The number of rotatable bonds is 4. The molecule has 19 heavy (non-hydrogen) atoms. The van der Waals surface area contributed by atoms with E-state index in [1.807, 2.05) is 18.2 Å². The maximum atomic E-state index is 10.1. The van der Waals surface area contributed by atoms with E-state index in [0.717, 1.165) is 11.4 Å². The van der Waals surface area contributed by atoms with Crippen molar-refractivity contribution in [3.8, 4) is 0 Å². The summed E-state index contributed by atoms with van der Waals surface area (Å²) >= 11 is 0. The normalized spacial score (nSPS) is 12.9. The van der Waals surface area contributed by atoms with Crippen molar-refractivity contribution in [2.24, 2.45) is 0 Å². The number of aliphatic hydroxyl groups excluding tert-OH is 1. The minimum Gasteiger partial charge on any atom is -0.385 e. The number of pyridine rings is 1. The number of nitrogens with zero attached hydrogens (tertiary/aromatic N) is 1. The standard InChI is InChI=1S/C14H24N2O.CH3F/c1-10(2)11-7-6-8-12(16-11)13(17)9-15-14(3,4)5;1-2/h6-8,10,13,15,17H,9H2,1-5H3;1H3. The van der Waals surface area contributed by atoms with E-state index in [9.17, 15) is 9.50 Å². The molecule has 110 valence electrons. The highest BCUT2D eigenvalue weighted by Gasteiger charge is 2.15. The van der Waals surface area contributed by atoms with Crippen LogP contribution in [0.4, 0.5) is 4.39 Å². The molecule has 0 amide bonds. The Morgan fingerprint density at radius 2 is 1.74 bits per heavy atom. The molecule has 0 fully saturated rings. The van der Waals surface area contributed by atoms with Gasteiger partial charge in [0.2, 0.25) is 0 Å². The van der Waals surface area contributed by atoms with Gasteiger partial charge in [-0.15, -0.1) is 0 Å². The molecule has 4 heteroatoms. The smallest absolute Gasteiger partial charge is 0.108 e. The second kappa shape index (κ2) is 8.23. The SMILES string of the molecule is CC(C)c1cccc(C(O)CNC(C)(C)C)n1.CF. The van der Waals surface area contributed by atoms with Gasteiger partial charge in [-0.2, -0.15) is 0 Å². The van der Waals surface area contributed by atoms with Crippen LogP contribution in [-0.2, 0) is 0 Å². The molecule has 2 N–H and O–H groups in total. The largest absolute Gasteiger partial charge is 0.385 e. The summed E-state index contributed by atoms with van der Waals surface area (Å²) in [7, 11) is 0.500. The minimum atomic E-state index is -0.548. The average Bonchev–Trinajstić information content (AvgIpc) is 2.37. The highest BCUT2D eigenvalue weighted by molar-refractivity contribution is 5.15. The zero-order valence-corrected chi connectivity index (χ0v) is 12.9. The quantitative estimate of drug-likeness (QED) is 0.883. The fourth-order valence-electron chi connectivity index (χ4n) is 1.48. The summed E-state index contributed by atoms with van der Waals surface area (Å²) in [6.07, 6.45) is -0.548. The lowest BCUT2D eigenvalue weighted by atomic mass is 10.1. The Morgan fingerprint density at radius 1 is 1.21 bits per heavy atom. The zero-order chi connectivity index (χ0) is 15.1. The van der Waals surface area contributed by atoms with Crippen LogP contribution in [0.1, 0.15) is 58.0 Å². The van der Waals surface area contributed by atoms with Crippen LogP contribution in [0.15, 0.2) is 18.2 Å². The third kappa shape index (κ3) is 7.23. The molecule has 0 aliphatic rings.